The molecule has 0 aliphatic heterocycles. The molecule has 0 spiro atoms. The first-order valence-corrected chi connectivity index (χ1v) is 7.99. The zero-order valence-electron chi connectivity index (χ0n) is 12.8. The molecule has 2 bridgehead atoms. The van der Waals surface area contributed by atoms with Crippen molar-refractivity contribution in [1.82, 2.24) is 0 Å². The first-order chi connectivity index (χ1) is 10.3. The smallest absolute Gasteiger partial charge is 0.0270 e. The first-order valence-electron chi connectivity index (χ1n) is 7.99. The largest absolute Gasteiger partial charge is 0.0988 e. The van der Waals surface area contributed by atoms with Gasteiger partial charge in [0.05, 0.1) is 0 Å². The summed E-state index contributed by atoms with van der Waals surface area (Å²) in [5.41, 5.74) is 2.93. The van der Waals surface area contributed by atoms with E-state index in [-0.39, 0.29) is 5.41 Å². The van der Waals surface area contributed by atoms with Gasteiger partial charge < -0.3 is 0 Å². The molecule has 0 aromatic carbocycles. The van der Waals surface area contributed by atoms with Gasteiger partial charge in [-0.1, -0.05) is 73.4 Å². The van der Waals surface area contributed by atoms with Crippen molar-refractivity contribution < 1.29 is 0 Å². The Labute approximate surface area is 128 Å². The summed E-state index contributed by atoms with van der Waals surface area (Å²) in [5, 5.41) is 0. The summed E-state index contributed by atoms with van der Waals surface area (Å²) in [6.45, 7) is 6.18. The van der Waals surface area contributed by atoms with Crippen molar-refractivity contribution in [3.8, 4) is 0 Å². The van der Waals surface area contributed by atoms with Crippen molar-refractivity contribution in [1.29, 1.82) is 0 Å². The molecular formula is C21H24. The van der Waals surface area contributed by atoms with Crippen LogP contribution in [0.25, 0.3) is 0 Å². The Morgan fingerprint density at radius 1 is 1.33 bits per heavy atom. The lowest BCUT2D eigenvalue weighted by Crippen LogP contribution is -2.29. The van der Waals surface area contributed by atoms with Crippen LogP contribution in [0.5, 0.6) is 0 Å². The summed E-state index contributed by atoms with van der Waals surface area (Å²) in [6, 6.07) is 0. The van der Waals surface area contributed by atoms with Crippen molar-refractivity contribution in [3.05, 3.63) is 84.6 Å². The number of allylic oxidation sites excluding steroid dienone is 13. The maximum Gasteiger partial charge on any atom is 0.0270 e. The fraction of sp³-hybridized carbons (Fsp3) is 0.333. The fourth-order valence-corrected chi connectivity index (χ4v) is 4.16. The van der Waals surface area contributed by atoms with Gasteiger partial charge in [0.1, 0.15) is 0 Å². The summed E-state index contributed by atoms with van der Waals surface area (Å²) < 4.78 is 0. The van der Waals surface area contributed by atoms with E-state index in [0.29, 0.717) is 5.92 Å². The van der Waals surface area contributed by atoms with Crippen LogP contribution in [0.15, 0.2) is 84.6 Å². The van der Waals surface area contributed by atoms with E-state index in [9.17, 15) is 0 Å². The summed E-state index contributed by atoms with van der Waals surface area (Å²) in [4.78, 5) is 0. The van der Waals surface area contributed by atoms with E-state index in [2.05, 4.69) is 80.3 Å². The number of rotatable bonds is 4. The minimum absolute atomic E-state index is 0.117. The molecule has 0 aromatic rings. The van der Waals surface area contributed by atoms with E-state index in [1.807, 2.05) is 0 Å². The lowest BCUT2D eigenvalue weighted by atomic mass is 9.64. The highest BCUT2D eigenvalue weighted by Crippen LogP contribution is 2.60. The van der Waals surface area contributed by atoms with Crippen molar-refractivity contribution in [2.24, 2.45) is 17.3 Å². The van der Waals surface area contributed by atoms with Crippen LogP contribution in [0.4, 0.5) is 0 Å². The Morgan fingerprint density at radius 3 is 2.90 bits per heavy atom. The van der Waals surface area contributed by atoms with Crippen LogP contribution in [0.3, 0.4) is 0 Å². The summed E-state index contributed by atoms with van der Waals surface area (Å²) in [6.07, 6.45) is 28.3. The topological polar surface area (TPSA) is 0 Å². The van der Waals surface area contributed by atoms with E-state index < -0.39 is 0 Å². The summed E-state index contributed by atoms with van der Waals surface area (Å²) in [7, 11) is 0. The second-order valence-electron chi connectivity index (χ2n) is 6.20. The van der Waals surface area contributed by atoms with Crippen molar-refractivity contribution >= 4 is 0 Å². The van der Waals surface area contributed by atoms with Gasteiger partial charge in [-0.05, 0) is 49.2 Å². The van der Waals surface area contributed by atoms with Gasteiger partial charge in [-0.2, -0.15) is 0 Å². The molecule has 0 saturated heterocycles. The molecule has 0 heterocycles. The number of hydrogen-bond acceptors (Lipinski definition) is 0. The molecule has 0 radical (unpaired) electrons. The monoisotopic (exact) mass is 276 g/mol. The van der Waals surface area contributed by atoms with E-state index >= 15 is 0 Å². The number of hydrogen-bond donors (Lipinski definition) is 0. The van der Waals surface area contributed by atoms with Gasteiger partial charge in [-0.3, -0.25) is 0 Å². The molecule has 0 N–H and O–H groups in total. The molecule has 0 nitrogen and oxygen atoms in total. The molecule has 3 rings (SSSR count). The molecule has 108 valence electrons. The molecule has 0 amide bonds. The molecule has 21 heavy (non-hydrogen) atoms. The Kier molecular flexibility index (Phi) is 3.96. The Balaban J connectivity index is 2.12. The van der Waals surface area contributed by atoms with Crippen LogP contribution in [0.1, 0.15) is 26.2 Å². The van der Waals surface area contributed by atoms with Crippen LogP contribution >= 0.6 is 0 Å². The van der Waals surface area contributed by atoms with Crippen LogP contribution in [0.2, 0.25) is 0 Å². The van der Waals surface area contributed by atoms with Gasteiger partial charge >= 0.3 is 0 Å². The predicted molar refractivity (Wildman–Crippen MR) is 91.9 cm³/mol. The second-order valence-corrected chi connectivity index (χ2v) is 6.20. The van der Waals surface area contributed by atoms with Gasteiger partial charge in [-0.15, -0.1) is 0 Å². The van der Waals surface area contributed by atoms with Crippen LogP contribution in [-0.4, -0.2) is 0 Å². The zero-order valence-corrected chi connectivity index (χ0v) is 12.8. The van der Waals surface area contributed by atoms with E-state index in [1.54, 1.807) is 0 Å². The molecule has 3 unspecified atom stereocenters. The van der Waals surface area contributed by atoms with Gasteiger partial charge in [0.2, 0.25) is 0 Å². The summed E-state index contributed by atoms with van der Waals surface area (Å²) in [5.74, 6) is 1.34. The van der Waals surface area contributed by atoms with Crippen molar-refractivity contribution in [2.75, 3.05) is 0 Å². The van der Waals surface area contributed by atoms with Gasteiger partial charge in [0.15, 0.2) is 0 Å². The molecule has 3 atom stereocenters. The molecule has 0 heteroatoms. The third kappa shape index (κ3) is 2.33. The molecule has 1 saturated carbocycles. The van der Waals surface area contributed by atoms with Crippen LogP contribution < -0.4 is 0 Å². The van der Waals surface area contributed by atoms with Gasteiger partial charge in [-0.25, -0.2) is 0 Å². The van der Waals surface area contributed by atoms with Gasteiger partial charge in [0, 0.05) is 5.41 Å². The minimum Gasteiger partial charge on any atom is -0.0988 e. The normalized spacial score (nSPS) is 34.5. The average molecular weight is 276 g/mol. The minimum atomic E-state index is 0.117. The van der Waals surface area contributed by atoms with Crippen LogP contribution in [-0.2, 0) is 0 Å². The molecule has 3 aliphatic carbocycles. The quantitative estimate of drug-likeness (QED) is 0.456. The van der Waals surface area contributed by atoms with Crippen LogP contribution in [0, 0.1) is 17.3 Å². The Morgan fingerprint density at radius 2 is 2.24 bits per heavy atom. The molecule has 1 fully saturated rings. The third-order valence-electron chi connectivity index (χ3n) is 5.09. The lowest BCUT2D eigenvalue weighted by molar-refractivity contribution is 0.372. The van der Waals surface area contributed by atoms with Crippen molar-refractivity contribution in [3.63, 3.8) is 0 Å². The predicted octanol–water partition coefficient (Wildman–Crippen LogP) is 5.70. The lowest BCUT2D eigenvalue weighted by Gasteiger charge is -2.38. The fourth-order valence-electron chi connectivity index (χ4n) is 4.16. The molecule has 0 aromatic heterocycles. The van der Waals surface area contributed by atoms with E-state index in [1.165, 1.54) is 24.0 Å². The highest BCUT2D eigenvalue weighted by molar-refractivity contribution is 5.49. The maximum absolute atomic E-state index is 4.11. The molecule has 3 aliphatic rings. The van der Waals surface area contributed by atoms with Gasteiger partial charge in [0.25, 0.3) is 0 Å². The average Bonchev–Trinajstić information content (AvgIpc) is 3.00. The molecular weight excluding hydrogens is 252 g/mol. The highest BCUT2D eigenvalue weighted by atomic mass is 14.5. The second kappa shape index (κ2) is 5.89. The number of fused-ring (bicyclic) bond motifs is 2. The highest BCUT2D eigenvalue weighted by Gasteiger charge is 2.51. The standard InChI is InChI=1S/C21H24/c1-3-5-10-18(4-2)21(16-17-13-14-20(21)15-17)19-11-8-6-7-9-12-19/h3-6,8-14,17,20H,2,7,15-16H2,1H3/b5-3-,18-10+. The SMILES string of the molecule is C=C/C(=C\C=C/C)C1(C2=CC=CCC=C2)CC2C=CC1C2. The Bertz CT molecular complexity index is 592. The third-order valence-corrected chi connectivity index (χ3v) is 5.09. The summed E-state index contributed by atoms with van der Waals surface area (Å²) >= 11 is 0. The van der Waals surface area contributed by atoms with E-state index in [0.717, 1.165) is 12.3 Å². The maximum atomic E-state index is 4.11. The van der Waals surface area contributed by atoms with Crippen molar-refractivity contribution in [2.45, 2.75) is 26.2 Å². The zero-order chi connectivity index (χ0) is 14.7. The Hall–Kier alpha value is -1.82. The van der Waals surface area contributed by atoms with E-state index in [4.69, 9.17) is 0 Å². The first kappa shape index (κ1) is 14.1.